The van der Waals surface area contributed by atoms with Gasteiger partial charge in [0.05, 0.1) is 4.34 Å². The first-order valence-corrected chi connectivity index (χ1v) is 5.36. The zero-order valence-corrected chi connectivity index (χ0v) is 9.21. The van der Waals surface area contributed by atoms with Crippen molar-refractivity contribution in [3.63, 3.8) is 0 Å². The molecule has 0 unspecified atom stereocenters. The van der Waals surface area contributed by atoms with Gasteiger partial charge in [-0.3, -0.25) is 4.79 Å². The summed E-state index contributed by atoms with van der Waals surface area (Å²) in [7, 11) is 0. The Hall–Kier alpha value is -0.540. The van der Waals surface area contributed by atoms with Crippen molar-refractivity contribution in [3.05, 3.63) is 21.3 Å². The molecule has 0 atom stereocenters. The average molecular weight is 218 g/mol. The highest BCUT2D eigenvalue weighted by atomic mass is 35.5. The zero-order chi connectivity index (χ0) is 9.84. The fourth-order valence-electron chi connectivity index (χ4n) is 0.832. The highest BCUT2D eigenvalue weighted by Gasteiger charge is 2.07. The Morgan fingerprint density at radius 1 is 1.69 bits per heavy atom. The molecule has 1 N–H and O–H groups in total. The minimum Gasteiger partial charge on any atom is -0.352 e. The molecule has 1 heterocycles. The van der Waals surface area contributed by atoms with E-state index in [1.165, 1.54) is 11.3 Å². The number of amides is 1. The standard InChI is InChI=1S/C9H12ClNOS/c1-6(2)9(12)11-5-7-3-4-13-8(7)10/h3-4,6H,5H2,1-2H3,(H,11,12). The number of thiophene rings is 1. The molecule has 0 bridgehead atoms. The van der Waals surface area contributed by atoms with E-state index in [1.54, 1.807) is 0 Å². The lowest BCUT2D eigenvalue weighted by Gasteiger charge is -2.06. The molecule has 1 aromatic rings. The quantitative estimate of drug-likeness (QED) is 0.829. The molecule has 0 spiro atoms. The molecule has 1 rings (SSSR count). The van der Waals surface area contributed by atoms with E-state index in [1.807, 2.05) is 25.3 Å². The summed E-state index contributed by atoms with van der Waals surface area (Å²) in [6.07, 6.45) is 0. The monoisotopic (exact) mass is 217 g/mol. The molecule has 13 heavy (non-hydrogen) atoms. The predicted molar refractivity (Wildman–Crippen MR) is 56.0 cm³/mol. The summed E-state index contributed by atoms with van der Waals surface area (Å²) in [5.41, 5.74) is 0.987. The van der Waals surface area contributed by atoms with Crippen molar-refractivity contribution in [2.75, 3.05) is 0 Å². The predicted octanol–water partition coefficient (Wildman–Crippen LogP) is 2.67. The van der Waals surface area contributed by atoms with Crippen molar-refractivity contribution in [2.45, 2.75) is 20.4 Å². The molecule has 0 aromatic carbocycles. The van der Waals surface area contributed by atoms with Crippen LogP contribution in [0.5, 0.6) is 0 Å². The third-order valence-corrected chi connectivity index (χ3v) is 2.92. The van der Waals surface area contributed by atoms with E-state index in [4.69, 9.17) is 11.6 Å². The Bertz CT molecular complexity index is 296. The van der Waals surface area contributed by atoms with Crippen LogP contribution in [0.3, 0.4) is 0 Å². The number of hydrogen-bond acceptors (Lipinski definition) is 2. The summed E-state index contributed by atoms with van der Waals surface area (Å²) < 4.78 is 0.754. The Labute approximate surface area is 86.9 Å². The van der Waals surface area contributed by atoms with Gasteiger partial charge in [0.1, 0.15) is 0 Å². The van der Waals surface area contributed by atoms with E-state index in [0.29, 0.717) is 6.54 Å². The maximum absolute atomic E-state index is 11.2. The maximum atomic E-state index is 11.2. The van der Waals surface area contributed by atoms with Gasteiger partial charge < -0.3 is 5.32 Å². The fourth-order valence-corrected chi connectivity index (χ4v) is 1.76. The Morgan fingerprint density at radius 3 is 2.85 bits per heavy atom. The van der Waals surface area contributed by atoms with E-state index in [9.17, 15) is 4.79 Å². The van der Waals surface area contributed by atoms with E-state index >= 15 is 0 Å². The van der Waals surface area contributed by atoms with Crippen molar-refractivity contribution in [1.82, 2.24) is 5.32 Å². The molecule has 0 fully saturated rings. The zero-order valence-electron chi connectivity index (χ0n) is 7.63. The van der Waals surface area contributed by atoms with Crippen LogP contribution in [0.4, 0.5) is 0 Å². The minimum atomic E-state index is 0.0254. The SMILES string of the molecule is CC(C)C(=O)NCc1ccsc1Cl. The highest BCUT2D eigenvalue weighted by Crippen LogP contribution is 2.22. The van der Waals surface area contributed by atoms with Crippen LogP contribution in [-0.2, 0) is 11.3 Å². The molecule has 1 aromatic heterocycles. The van der Waals surface area contributed by atoms with Crippen LogP contribution in [-0.4, -0.2) is 5.91 Å². The van der Waals surface area contributed by atoms with Crippen LogP contribution in [0.2, 0.25) is 4.34 Å². The second-order valence-electron chi connectivity index (χ2n) is 3.09. The number of carbonyl (C=O) groups excluding carboxylic acids is 1. The molecule has 0 aliphatic rings. The summed E-state index contributed by atoms with van der Waals surface area (Å²) >= 11 is 7.35. The van der Waals surface area contributed by atoms with Crippen molar-refractivity contribution in [1.29, 1.82) is 0 Å². The Kier molecular flexibility index (Phi) is 3.75. The summed E-state index contributed by atoms with van der Waals surface area (Å²) in [5, 5.41) is 4.72. The normalized spacial score (nSPS) is 10.5. The van der Waals surface area contributed by atoms with Crippen molar-refractivity contribution >= 4 is 28.8 Å². The van der Waals surface area contributed by atoms with Crippen LogP contribution >= 0.6 is 22.9 Å². The van der Waals surface area contributed by atoms with Gasteiger partial charge in [0.25, 0.3) is 0 Å². The third kappa shape index (κ3) is 3.01. The lowest BCUT2D eigenvalue weighted by atomic mass is 10.2. The molecular formula is C9H12ClNOS. The molecule has 0 saturated heterocycles. The van der Waals surface area contributed by atoms with Crippen LogP contribution in [0.25, 0.3) is 0 Å². The van der Waals surface area contributed by atoms with E-state index in [2.05, 4.69) is 5.32 Å². The molecule has 0 saturated carbocycles. The van der Waals surface area contributed by atoms with E-state index in [-0.39, 0.29) is 11.8 Å². The number of nitrogens with one attached hydrogen (secondary N) is 1. The van der Waals surface area contributed by atoms with Crippen molar-refractivity contribution < 1.29 is 4.79 Å². The summed E-state index contributed by atoms with van der Waals surface area (Å²) in [4.78, 5) is 11.2. The van der Waals surface area contributed by atoms with Gasteiger partial charge in [-0.15, -0.1) is 11.3 Å². The molecule has 0 aliphatic heterocycles. The van der Waals surface area contributed by atoms with Crippen LogP contribution in [0.1, 0.15) is 19.4 Å². The second-order valence-corrected chi connectivity index (χ2v) is 4.61. The van der Waals surface area contributed by atoms with Gasteiger partial charge >= 0.3 is 0 Å². The van der Waals surface area contributed by atoms with Gasteiger partial charge in [0, 0.05) is 18.0 Å². The average Bonchev–Trinajstić information content (AvgIpc) is 2.47. The number of halogens is 1. The highest BCUT2D eigenvalue weighted by molar-refractivity contribution is 7.14. The van der Waals surface area contributed by atoms with Crippen LogP contribution in [0.15, 0.2) is 11.4 Å². The molecule has 1 amide bonds. The Morgan fingerprint density at radius 2 is 2.38 bits per heavy atom. The molecule has 4 heteroatoms. The van der Waals surface area contributed by atoms with E-state index < -0.39 is 0 Å². The van der Waals surface area contributed by atoms with Gasteiger partial charge in [-0.05, 0) is 11.4 Å². The number of rotatable bonds is 3. The maximum Gasteiger partial charge on any atom is 0.222 e. The van der Waals surface area contributed by atoms with Gasteiger partial charge in [-0.25, -0.2) is 0 Å². The van der Waals surface area contributed by atoms with E-state index in [0.717, 1.165) is 9.90 Å². The minimum absolute atomic E-state index is 0.0254. The molecule has 0 radical (unpaired) electrons. The molecular weight excluding hydrogens is 206 g/mol. The van der Waals surface area contributed by atoms with Gasteiger partial charge in [-0.2, -0.15) is 0 Å². The largest absolute Gasteiger partial charge is 0.352 e. The summed E-state index contributed by atoms with van der Waals surface area (Å²) in [5.74, 6) is 0.0830. The van der Waals surface area contributed by atoms with Gasteiger partial charge in [-0.1, -0.05) is 25.4 Å². The topological polar surface area (TPSA) is 29.1 Å². The molecule has 72 valence electrons. The van der Waals surface area contributed by atoms with Crippen LogP contribution in [0, 0.1) is 5.92 Å². The lowest BCUT2D eigenvalue weighted by molar-refractivity contribution is -0.124. The van der Waals surface area contributed by atoms with Crippen molar-refractivity contribution in [3.8, 4) is 0 Å². The summed E-state index contributed by atoms with van der Waals surface area (Å²) in [6, 6.07) is 1.92. The first-order valence-electron chi connectivity index (χ1n) is 4.11. The van der Waals surface area contributed by atoms with Gasteiger partial charge in [0.15, 0.2) is 0 Å². The summed E-state index contributed by atoms with van der Waals surface area (Å²) in [6.45, 7) is 4.26. The number of carbonyl (C=O) groups is 1. The molecule has 2 nitrogen and oxygen atoms in total. The van der Waals surface area contributed by atoms with Crippen LogP contribution < -0.4 is 5.32 Å². The lowest BCUT2D eigenvalue weighted by Crippen LogP contribution is -2.26. The number of hydrogen-bond donors (Lipinski definition) is 1. The third-order valence-electron chi connectivity index (χ3n) is 1.67. The molecule has 0 aliphatic carbocycles. The second kappa shape index (κ2) is 4.63. The van der Waals surface area contributed by atoms with Gasteiger partial charge in [0.2, 0.25) is 5.91 Å². The Balaban J connectivity index is 2.44. The smallest absolute Gasteiger partial charge is 0.222 e. The first-order chi connectivity index (χ1) is 6.11. The first kappa shape index (κ1) is 10.5. The fraction of sp³-hybridized carbons (Fsp3) is 0.444. The van der Waals surface area contributed by atoms with Crippen molar-refractivity contribution in [2.24, 2.45) is 5.92 Å².